The molecule has 1 saturated carbocycles. The van der Waals surface area contributed by atoms with Crippen LogP contribution in [0.4, 0.5) is 5.69 Å². The Kier molecular flexibility index (Phi) is 4.23. The standard InChI is InChI=1S/C24H25N5/c25-22-27-23(26)29(24(28-22)14-4-1-5-15-24)19-11-6-10-18(16-19)21-13-7-9-17-8-2-3-12-20(17)21/h2-3,6-13,16H,1,4-5,14-15H2,(H4,25,26,27,28). The smallest absolute Gasteiger partial charge is 0.220 e. The fraction of sp³-hybridized carbons (Fsp3) is 0.250. The zero-order valence-electron chi connectivity index (χ0n) is 16.4. The van der Waals surface area contributed by atoms with Gasteiger partial charge in [-0.25, -0.2) is 4.99 Å². The van der Waals surface area contributed by atoms with Gasteiger partial charge in [-0.1, -0.05) is 61.0 Å². The van der Waals surface area contributed by atoms with Crippen molar-refractivity contribution in [2.24, 2.45) is 21.5 Å². The van der Waals surface area contributed by atoms with Gasteiger partial charge in [0.2, 0.25) is 11.9 Å². The number of rotatable bonds is 2. The van der Waals surface area contributed by atoms with Crippen LogP contribution in [0, 0.1) is 0 Å². The summed E-state index contributed by atoms with van der Waals surface area (Å²) in [5.41, 5.74) is 15.4. The molecule has 1 heterocycles. The molecule has 5 nitrogen and oxygen atoms in total. The SMILES string of the molecule is NC1=NC2(CCCCC2)N(c2cccc(-c3cccc4ccccc34)c2)C(N)=N1. The van der Waals surface area contributed by atoms with Crippen LogP contribution in [-0.2, 0) is 0 Å². The molecule has 1 fully saturated rings. The van der Waals surface area contributed by atoms with Crippen LogP contribution in [0.15, 0.2) is 76.7 Å². The number of hydrogen-bond donors (Lipinski definition) is 2. The summed E-state index contributed by atoms with van der Waals surface area (Å²) in [6, 6.07) is 23.4. The Bertz CT molecular complexity index is 1120. The number of anilines is 1. The fourth-order valence-electron chi connectivity index (χ4n) is 4.78. The highest BCUT2D eigenvalue weighted by atomic mass is 15.4. The second kappa shape index (κ2) is 6.92. The minimum Gasteiger partial charge on any atom is -0.369 e. The third kappa shape index (κ3) is 3.03. The van der Waals surface area contributed by atoms with E-state index in [1.165, 1.54) is 22.8 Å². The van der Waals surface area contributed by atoms with Crippen LogP contribution < -0.4 is 16.4 Å². The van der Waals surface area contributed by atoms with Crippen LogP contribution in [0.1, 0.15) is 32.1 Å². The van der Waals surface area contributed by atoms with Gasteiger partial charge < -0.3 is 11.5 Å². The first-order valence-electron chi connectivity index (χ1n) is 10.2. The Hall–Kier alpha value is -3.34. The minimum absolute atomic E-state index is 0.283. The molecule has 4 N–H and O–H groups in total. The predicted molar refractivity (Wildman–Crippen MR) is 121 cm³/mol. The Morgan fingerprint density at radius 2 is 1.59 bits per heavy atom. The normalized spacial score (nSPS) is 18.6. The summed E-state index contributed by atoms with van der Waals surface area (Å²) in [4.78, 5) is 11.2. The zero-order valence-corrected chi connectivity index (χ0v) is 16.4. The number of hydrogen-bond acceptors (Lipinski definition) is 5. The van der Waals surface area contributed by atoms with Gasteiger partial charge in [0.15, 0.2) is 0 Å². The van der Waals surface area contributed by atoms with Crippen molar-refractivity contribution in [2.75, 3.05) is 4.90 Å². The third-order valence-corrected chi connectivity index (χ3v) is 6.06. The summed E-state index contributed by atoms with van der Waals surface area (Å²) >= 11 is 0. The van der Waals surface area contributed by atoms with Crippen molar-refractivity contribution in [1.29, 1.82) is 0 Å². The lowest BCUT2D eigenvalue weighted by molar-refractivity contribution is 0.305. The molecule has 0 bridgehead atoms. The van der Waals surface area contributed by atoms with Crippen molar-refractivity contribution in [1.82, 2.24) is 0 Å². The van der Waals surface area contributed by atoms with Crippen LogP contribution in [0.3, 0.4) is 0 Å². The number of guanidine groups is 2. The van der Waals surface area contributed by atoms with Crippen molar-refractivity contribution >= 4 is 28.4 Å². The van der Waals surface area contributed by atoms with Gasteiger partial charge in [0, 0.05) is 5.69 Å². The van der Waals surface area contributed by atoms with E-state index in [4.69, 9.17) is 16.5 Å². The molecular weight excluding hydrogens is 358 g/mol. The quantitative estimate of drug-likeness (QED) is 0.678. The van der Waals surface area contributed by atoms with Gasteiger partial charge >= 0.3 is 0 Å². The Labute approximate surface area is 170 Å². The van der Waals surface area contributed by atoms with Gasteiger partial charge in [0.25, 0.3) is 0 Å². The second-order valence-corrected chi connectivity index (χ2v) is 7.90. The summed E-state index contributed by atoms with van der Waals surface area (Å²) < 4.78 is 0. The van der Waals surface area contributed by atoms with Crippen molar-refractivity contribution in [3.05, 3.63) is 66.7 Å². The highest BCUT2D eigenvalue weighted by Gasteiger charge is 2.42. The van der Waals surface area contributed by atoms with Crippen molar-refractivity contribution in [3.8, 4) is 11.1 Å². The maximum absolute atomic E-state index is 6.40. The largest absolute Gasteiger partial charge is 0.369 e. The second-order valence-electron chi connectivity index (χ2n) is 7.90. The highest BCUT2D eigenvalue weighted by Crippen LogP contribution is 2.40. The van der Waals surface area contributed by atoms with Crippen LogP contribution in [0.25, 0.3) is 21.9 Å². The number of aliphatic imine (C=N–C) groups is 2. The van der Waals surface area contributed by atoms with Crippen LogP contribution in [0.5, 0.6) is 0 Å². The average molecular weight is 383 g/mol. The summed E-state index contributed by atoms with van der Waals surface area (Å²) in [5.74, 6) is 0.709. The van der Waals surface area contributed by atoms with E-state index in [0.717, 1.165) is 36.9 Å². The molecule has 0 aromatic heterocycles. The topological polar surface area (TPSA) is 80.0 Å². The summed E-state index contributed by atoms with van der Waals surface area (Å²) in [6.45, 7) is 0. The molecule has 1 aliphatic heterocycles. The van der Waals surface area contributed by atoms with Crippen LogP contribution in [0.2, 0.25) is 0 Å². The van der Waals surface area contributed by atoms with Gasteiger partial charge in [-0.3, -0.25) is 4.90 Å². The van der Waals surface area contributed by atoms with E-state index < -0.39 is 5.66 Å². The lowest BCUT2D eigenvalue weighted by Gasteiger charge is -2.45. The van der Waals surface area contributed by atoms with E-state index in [0.29, 0.717) is 5.96 Å². The van der Waals surface area contributed by atoms with E-state index in [1.807, 2.05) is 0 Å². The lowest BCUT2D eigenvalue weighted by atomic mass is 9.87. The number of fused-ring (bicyclic) bond motifs is 1. The molecule has 0 radical (unpaired) electrons. The Balaban J connectivity index is 1.63. The number of benzene rings is 3. The predicted octanol–water partition coefficient (Wildman–Crippen LogP) is 4.62. The molecule has 0 unspecified atom stereocenters. The third-order valence-electron chi connectivity index (χ3n) is 6.06. The molecule has 5 rings (SSSR count). The first kappa shape index (κ1) is 17.7. The van der Waals surface area contributed by atoms with E-state index in [9.17, 15) is 0 Å². The number of nitrogens with two attached hydrogens (primary N) is 2. The Morgan fingerprint density at radius 3 is 2.45 bits per heavy atom. The first-order valence-corrected chi connectivity index (χ1v) is 10.2. The maximum atomic E-state index is 6.40. The Morgan fingerprint density at radius 1 is 0.828 bits per heavy atom. The van der Waals surface area contributed by atoms with Gasteiger partial charge in [-0.2, -0.15) is 4.99 Å². The van der Waals surface area contributed by atoms with Gasteiger partial charge in [-0.05, 0) is 59.7 Å². The molecule has 5 heteroatoms. The summed E-state index contributed by atoms with van der Waals surface area (Å²) in [5, 5.41) is 2.47. The molecule has 1 spiro atoms. The van der Waals surface area contributed by atoms with E-state index in [1.54, 1.807) is 0 Å². The molecule has 29 heavy (non-hydrogen) atoms. The minimum atomic E-state index is -0.425. The summed E-state index contributed by atoms with van der Waals surface area (Å²) in [7, 11) is 0. The van der Waals surface area contributed by atoms with Crippen molar-refractivity contribution < 1.29 is 0 Å². The molecule has 0 amide bonds. The molecule has 146 valence electrons. The molecule has 3 aromatic carbocycles. The maximum Gasteiger partial charge on any atom is 0.220 e. The van der Waals surface area contributed by atoms with Crippen molar-refractivity contribution in [2.45, 2.75) is 37.8 Å². The highest BCUT2D eigenvalue weighted by molar-refractivity contribution is 6.06. The van der Waals surface area contributed by atoms with Gasteiger partial charge in [-0.15, -0.1) is 0 Å². The van der Waals surface area contributed by atoms with E-state index in [2.05, 4.69) is 76.6 Å². The molecule has 1 aliphatic carbocycles. The van der Waals surface area contributed by atoms with Gasteiger partial charge in [0.1, 0.15) is 5.66 Å². The lowest BCUT2D eigenvalue weighted by Crippen LogP contribution is -2.58. The monoisotopic (exact) mass is 383 g/mol. The molecule has 0 saturated heterocycles. The average Bonchev–Trinajstić information content (AvgIpc) is 2.73. The molecule has 0 atom stereocenters. The van der Waals surface area contributed by atoms with Crippen molar-refractivity contribution in [3.63, 3.8) is 0 Å². The van der Waals surface area contributed by atoms with E-state index in [-0.39, 0.29) is 5.96 Å². The number of nitrogens with zero attached hydrogens (tertiary/aromatic N) is 3. The zero-order chi connectivity index (χ0) is 19.8. The summed E-state index contributed by atoms with van der Waals surface area (Å²) in [6.07, 6.45) is 5.32. The fourth-order valence-corrected chi connectivity index (χ4v) is 4.78. The van der Waals surface area contributed by atoms with E-state index >= 15 is 0 Å². The van der Waals surface area contributed by atoms with Crippen LogP contribution in [-0.4, -0.2) is 17.6 Å². The molecule has 3 aromatic rings. The molecule has 2 aliphatic rings. The first-order chi connectivity index (χ1) is 14.2. The van der Waals surface area contributed by atoms with Crippen LogP contribution >= 0.6 is 0 Å². The molecular formula is C24H25N5. The van der Waals surface area contributed by atoms with Gasteiger partial charge in [0.05, 0.1) is 0 Å².